The number of ketones is 1. The molecule has 0 amide bonds. The molecule has 0 aliphatic rings. The van der Waals surface area contributed by atoms with Crippen LogP contribution in [0.3, 0.4) is 0 Å². The van der Waals surface area contributed by atoms with Gasteiger partial charge in [0.05, 0.1) is 6.21 Å². The maximum absolute atomic E-state index is 13.0. The van der Waals surface area contributed by atoms with E-state index in [2.05, 4.69) is 10.2 Å². The predicted molar refractivity (Wildman–Crippen MR) is 117 cm³/mol. The van der Waals surface area contributed by atoms with Gasteiger partial charge in [-0.3, -0.25) is 4.79 Å². The number of carbonyl (C=O) groups is 1. The Bertz CT molecular complexity index is 1210. The average molecular weight is 378 g/mol. The molecule has 0 spiro atoms. The second-order valence-corrected chi connectivity index (χ2v) is 6.47. The zero-order valence-electron chi connectivity index (χ0n) is 15.6. The van der Waals surface area contributed by atoms with Gasteiger partial charge < -0.3 is 5.11 Å². The Morgan fingerprint density at radius 1 is 0.724 bits per heavy atom. The van der Waals surface area contributed by atoms with Crippen LogP contribution in [0.1, 0.15) is 21.5 Å². The molecule has 4 aromatic carbocycles. The molecule has 0 aliphatic heterocycles. The van der Waals surface area contributed by atoms with Crippen molar-refractivity contribution >= 4 is 28.5 Å². The fraction of sp³-hybridized carbons (Fsp3) is 0. The number of hydrogen-bond donors (Lipinski definition) is 1. The van der Waals surface area contributed by atoms with Gasteiger partial charge in [-0.05, 0) is 16.8 Å². The zero-order valence-corrected chi connectivity index (χ0v) is 15.6. The zero-order chi connectivity index (χ0) is 20.1. The summed E-state index contributed by atoms with van der Waals surface area (Å²) < 4.78 is 0. The maximum atomic E-state index is 13.0. The van der Waals surface area contributed by atoms with Gasteiger partial charge in [-0.25, -0.2) is 0 Å². The van der Waals surface area contributed by atoms with Gasteiger partial charge >= 0.3 is 0 Å². The summed E-state index contributed by atoms with van der Waals surface area (Å²) in [6, 6.07) is 29.4. The average Bonchev–Trinajstić information content (AvgIpc) is 2.79. The molecule has 29 heavy (non-hydrogen) atoms. The van der Waals surface area contributed by atoms with E-state index in [-0.39, 0.29) is 17.2 Å². The second kappa shape index (κ2) is 8.31. The van der Waals surface area contributed by atoms with Crippen LogP contribution in [0.2, 0.25) is 0 Å². The van der Waals surface area contributed by atoms with E-state index in [0.29, 0.717) is 16.7 Å². The summed E-state index contributed by atoms with van der Waals surface area (Å²) in [6.07, 6.45) is 1.48. The van der Waals surface area contributed by atoms with Crippen LogP contribution in [0, 0.1) is 0 Å². The first kappa shape index (κ1) is 18.3. The standard InChI is InChI=1S/C25H18N2O2/c28-23-16-15-18-9-7-8-14-21(18)22(23)17-26-27-24(19-10-3-1-4-11-19)25(29)20-12-5-2-6-13-20/h1-17,28H/b26-17+,27-24-. The molecule has 0 bridgehead atoms. The van der Waals surface area contributed by atoms with Crippen LogP contribution in [0.5, 0.6) is 5.75 Å². The molecule has 0 saturated heterocycles. The van der Waals surface area contributed by atoms with Crippen molar-refractivity contribution in [3.05, 3.63) is 114 Å². The summed E-state index contributed by atoms with van der Waals surface area (Å²) in [5.41, 5.74) is 2.03. The van der Waals surface area contributed by atoms with E-state index in [0.717, 1.165) is 10.8 Å². The minimum atomic E-state index is -0.212. The molecule has 4 aromatic rings. The predicted octanol–water partition coefficient (Wildman–Crippen LogP) is 5.25. The van der Waals surface area contributed by atoms with Crippen molar-refractivity contribution in [2.24, 2.45) is 10.2 Å². The van der Waals surface area contributed by atoms with Crippen LogP contribution in [0.4, 0.5) is 0 Å². The maximum Gasteiger partial charge on any atom is 0.213 e. The van der Waals surface area contributed by atoms with Crippen LogP contribution in [-0.4, -0.2) is 22.8 Å². The number of nitrogens with zero attached hydrogens (tertiary/aromatic N) is 2. The quantitative estimate of drug-likeness (QED) is 0.293. The van der Waals surface area contributed by atoms with Crippen molar-refractivity contribution in [1.29, 1.82) is 0 Å². The van der Waals surface area contributed by atoms with Crippen molar-refractivity contribution in [3.63, 3.8) is 0 Å². The summed E-state index contributed by atoms with van der Waals surface area (Å²) in [5, 5.41) is 20.5. The minimum Gasteiger partial charge on any atom is -0.507 e. The molecule has 0 aliphatic carbocycles. The van der Waals surface area contributed by atoms with E-state index in [1.54, 1.807) is 18.2 Å². The van der Waals surface area contributed by atoms with E-state index < -0.39 is 0 Å². The van der Waals surface area contributed by atoms with Crippen LogP contribution >= 0.6 is 0 Å². The van der Waals surface area contributed by atoms with Crippen LogP contribution in [-0.2, 0) is 0 Å². The van der Waals surface area contributed by atoms with Crippen molar-refractivity contribution in [1.82, 2.24) is 0 Å². The van der Waals surface area contributed by atoms with Gasteiger partial charge in [-0.2, -0.15) is 5.10 Å². The molecule has 0 aromatic heterocycles. The highest BCUT2D eigenvalue weighted by molar-refractivity contribution is 6.51. The first-order chi connectivity index (χ1) is 14.2. The lowest BCUT2D eigenvalue weighted by atomic mass is 10.0. The highest BCUT2D eigenvalue weighted by Crippen LogP contribution is 2.25. The number of Topliss-reactive ketones (excluding diaryl/α,β-unsaturated/α-hetero) is 1. The topological polar surface area (TPSA) is 62.0 Å². The Morgan fingerprint density at radius 2 is 1.34 bits per heavy atom. The number of aromatic hydroxyl groups is 1. The highest BCUT2D eigenvalue weighted by Gasteiger charge is 2.16. The molecule has 0 fully saturated rings. The van der Waals surface area contributed by atoms with Crippen LogP contribution in [0.15, 0.2) is 107 Å². The molecular formula is C25H18N2O2. The van der Waals surface area contributed by atoms with E-state index in [1.807, 2.05) is 78.9 Å². The van der Waals surface area contributed by atoms with E-state index in [4.69, 9.17) is 0 Å². The number of fused-ring (bicyclic) bond motifs is 1. The van der Waals surface area contributed by atoms with Gasteiger partial charge in [-0.15, -0.1) is 5.10 Å². The fourth-order valence-electron chi connectivity index (χ4n) is 3.12. The number of hydrogen-bond acceptors (Lipinski definition) is 4. The number of carbonyl (C=O) groups excluding carboxylic acids is 1. The molecule has 1 N–H and O–H groups in total. The monoisotopic (exact) mass is 378 g/mol. The van der Waals surface area contributed by atoms with E-state index >= 15 is 0 Å². The number of phenols is 1. The van der Waals surface area contributed by atoms with Gasteiger partial charge in [0.1, 0.15) is 11.5 Å². The fourth-order valence-corrected chi connectivity index (χ4v) is 3.12. The second-order valence-electron chi connectivity index (χ2n) is 6.47. The SMILES string of the molecule is O=C(/C(=N\N=C\c1c(O)ccc2ccccc12)c1ccccc1)c1ccccc1. The number of rotatable bonds is 5. The molecule has 0 unspecified atom stereocenters. The summed E-state index contributed by atoms with van der Waals surface area (Å²) in [6.45, 7) is 0. The lowest BCUT2D eigenvalue weighted by Gasteiger charge is -2.05. The van der Waals surface area contributed by atoms with Crippen LogP contribution in [0.25, 0.3) is 10.8 Å². The Balaban J connectivity index is 1.77. The van der Waals surface area contributed by atoms with E-state index in [9.17, 15) is 9.90 Å². The molecule has 0 atom stereocenters. The molecule has 4 rings (SSSR count). The van der Waals surface area contributed by atoms with Crippen molar-refractivity contribution in [2.45, 2.75) is 0 Å². The largest absolute Gasteiger partial charge is 0.507 e. The van der Waals surface area contributed by atoms with E-state index in [1.165, 1.54) is 6.21 Å². The Kier molecular flexibility index (Phi) is 5.25. The normalized spacial score (nSPS) is 11.8. The lowest BCUT2D eigenvalue weighted by Crippen LogP contribution is -2.15. The molecule has 4 heteroatoms. The number of benzene rings is 4. The summed E-state index contributed by atoms with van der Waals surface area (Å²) in [7, 11) is 0. The third-order valence-corrected chi connectivity index (χ3v) is 4.59. The summed E-state index contributed by atoms with van der Waals surface area (Å²) >= 11 is 0. The van der Waals surface area contributed by atoms with Gasteiger partial charge in [0, 0.05) is 16.7 Å². The highest BCUT2D eigenvalue weighted by atomic mass is 16.3. The van der Waals surface area contributed by atoms with Gasteiger partial charge in [-0.1, -0.05) is 91.0 Å². The summed E-state index contributed by atoms with van der Waals surface area (Å²) in [4.78, 5) is 13.0. The van der Waals surface area contributed by atoms with Crippen molar-refractivity contribution in [2.75, 3.05) is 0 Å². The molecule has 140 valence electrons. The molecular weight excluding hydrogens is 360 g/mol. The minimum absolute atomic E-state index is 0.110. The Labute approximate surface area is 168 Å². The molecule has 0 heterocycles. The third kappa shape index (κ3) is 3.96. The first-order valence-electron chi connectivity index (χ1n) is 9.21. The van der Waals surface area contributed by atoms with Crippen molar-refractivity contribution < 1.29 is 9.90 Å². The molecule has 4 nitrogen and oxygen atoms in total. The Morgan fingerprint density at radius 3 is 2.07 bits per heavy atom. The molecule has 0 saturated carbocycles. The molecule has 0 radical (unpaired) electrons. The lowest BCUT2D eigenvalue weighted by molar-refractivity contribution is 0.106. The smallest absolute Gasteiger partial charge is 0.213 e. The summed E-state index contributed by atoms with van der Waals surface area (Å²) in [5.74, 6) is -0.102. The third-order valence-electron chi connectivity index (χ3n) is 4.59. The van der Waals surface area contributed by atoms with Crippen molar-refractivity contribution in [3.8, 4) is 5.75 Å². The van der Waals surface area contributed by atoms with Gasteiger partial charge in [0.15, 0.2) is 0 Å². The van der Waals surface area contributed by atoms with Gasteiger partial charge in [0.25, 0.3) is 0 Å². The number of phenolic OH excluding ortho intramolecular Hbond substituents is 1. The van der Waals surface area contributed by atoms with Crippen LogP contribution < -0.4 is 0 Å². The van der Waals surface area contributed by atoms with Gasteiger partial charge in [0.2, 0.25) is 5.78 Å². The Hall–Kier alpha value is -4.05. The first-order valence-corrected chi connectivity index (χ1v) is 9.21.